The first-order chi connectivity index (χ1) is 20.6. The maximum absolute atomic E-state index is 14.7. The third-order valence-electron chi connectivity index (χ3n) is 9.22. The Hall–Kier alpha value is -3.75. The number of fused-ring (bicyclic) bond motifs is 1. The molecular formula is C35H43N3O5. The normalized spacial score (nSPS) is 26.6. The Morgan fingerprint density at radius 1 is 1.05 bits per heavy atom. The Kier molecular flexibility index (Phi) is 8.63. The largest absolute Gasteiger partial charge is 0.394 e. The summed E-state index contributed by atoms with van der Waals surface area (Å²) in [6, 6.07) is 17.2. The fraction of sp³-hybridized carbons (Fsp3) is 0.457. The first kappa shape index (κ1) is 30.7. The van der Waals surface area contributed by atoms with Crippen molar-refractivity contribution in [3.63, 3.8) is 0 Å². The lowest BCUT2D eigenvalue weighted by Crippen LogP contribution is -2.60. The number of rotatable bonds is 11. The zero-order valence-corrected chi connectivity index (χ0v) is 25.4. The van der Waals surface area contributed by atoms with Gasteiger partial charge in [-0.1, -0.05) is 72.8 Å². The van der Waals surface area contributed by atoms with E-state index in [-0.39, 0.29) is 30.9 Å². The van der Waals surface area contributed by atoms with E-state index in [1.165, 1.54) is 4.90 Å². The van der Waals surface area contributed by atoms with Gasteiger partial charge in [-0.15, -0.1) is 13.2 Å². The van der Waals surface area contributed by atoms with Gasteiger partial charge < -0.3 is 24.5 Å². The maximum Gasteiger partial charge on any atom is 0.249 e. The van der Waals surface area contributed by atoms with Crippen molar-refractivity contribution >= 4 is 17.7 Å². The van der Waals surface area contributed by atoms with E-state index in [2.05, 4.69) is 13.2 Å². The molecule has 3 heterocycles. The van der Waals surface area contributed by atoms with Gasteiger partial charge in [0, 0.05) is 25.2 Å². The van der Waals surface area contributed by atoms with Gasteiger partial charge in [0.1, 0.15) is 11.6 Å². The lowest BCUT2D eigenvalue weighted by Gasteiger charge is -2.43. The van der Waals surface area contributed by atoms with E-state index >= 15 is 0 Å². The highest BCUT2D eigenvalue weighted by molar-refractivity contribution is 5.99. The molecule has 0 saturated carbocycles. The van der Waals surface area contributed by atoms with Gasteiger partial charge in [-0.25, -0.2) is 0 Å². The molecule has 43 heavy (non-hydrogen) atoms. The molecule has 0 radical (unpaired) electrons. The molecule has 2 bridgehead atoms. The lowest BCUT2D eigenvalue weighted by molar-refractivity contribution is -0.155. The number of nitrogens with zero attached hydrogens (tertiary/aromatic N) is 3. The van der Waals surface area contributed by atoms with Crippen LogP contribution in [0.3, 0.4) is 0 Å². The van der Waals surface area contributed by atoms with Crippen molar-refractivity contribution < 1.29 is 24.2 Å². The number of aliphatic hydroxyl groups excluding tert-OH is 1. The third kappa shape index (κ3) is 5.31. The minimum atomic E-state index is -1.18. The number of benzene rings is 2. The minimum absolute atomic E-state index is 0.180. The molecule has 2 aromatic rings. The van der Waals surface area contributed by atoms with Gasteiger partial charge in [0.15, 0.2) is 0 Å². The van der Waals surface area contributed by atoms with Crippen molar-refractivity contribution in [1.29, 1.82) is 0 Å². The Morgan fingerprint density at radius 2 is 1.67 bits per heavy atom. The number of hydrogen-bond donors (Lipinski definition) is 1. The molecule has 0 aliphatic carbocycles. The molecule has 3 aliphatic heterocycles. The van der Waals surface area contributed by atoms with Crippen molar-refractivity contribution in [1.82, 2.24) is 14.7 Å². The zero-order chi connectivity index (χ0) is 30.9. The number of carbonyl (C=O) groups is 3. The molecule has 3 fully saturated rings. The number of hydrogen-bond acceptors (Lipinski definition) is 5. The predicted octanol–water partition coefficient (Wildman–Crippen LogP) is 4.12. The van der Waals surface area contributed by atoms with E-state index in [9.17, 15) is 19.5 Å². The summed E-state index contributed by atoms with van der Waals surface area (Å²) in [5.41, 5.74) is -0.0659. The van der Waals surface area contributed by atoms with Crippen LogP contribution in [0.25, 0.3) is 0 Å². The van der Waals surface area contributed by atoms with Crippen molar-refractivity contribution in [2.75, 3.05) is 19.7 Å². The molecule has 3 amide bonds. The molecule has 8 nitrogen and oxygen atoms in total. The smallest absolute Gasteiger partial charge is 0.249 e. The molecular weight excluding hydrogens is 542 g/mol. The van der Waals surface area contributed by atoms with Crippen LogP contribution in [0.2, 0.25) is 0 Å². The first-order valence-corrected chi connectivity index (χ1v) is 15.1. The Bertz CT molecular complexity index is 1360. The molecule has 5 rings (SSSR count). The second-order valence-electron chi connectivity index (χ2n) is 12.8. The molecule has 0 aromatic heterocycles. The summed E-state index contributed by atoms with van der Waals surface area (Å²) in [5, 5.41) is 10.7. The van der Waals surface area contributed by atoms with Crippen molar-refractivity contribution in [3.8, 4) is 0 Å². The molecule has 6 atom stereocenters. The fourth-order valence-corrected chi connectivity index (χ4v) is 7.39. The first-order valence-electron chi connectivity index (χ1n) is 15.1. The quantitative estimate of drug-likeness (QED) is 0.401. The average molecular weight is 586 g/mol. The number of carbonyl (C=O) groups excluding carboxylic acids is 3. The molecule has 1 N–H and O–H groups in total. The minimum Gasteiger partial charge on any atom is -0.394 e. The zero-order valence-electron chi connectivity index (χ0n) is 25.4. The number of aliphatic hydroxyl groups is 1. The summed E-state index contributed by atoms with van der Waals surface area (Å²) >= 11 is 0. The van der Waals surface area contributed by atoms with Crippen LogP contribution >= 0.6 is 0 Å². The monoisotopic (exact) mass is 585 g/mol. The average Bonchev–Trinajstić information content (AvgIpc) is 3.64. The highest BCUT2D eigenvalue weighted by atomic mass is 16.5. The van der Waals surface area contributed by atoms with E-state index < -0.39 is 41.2 Å². The van der Waals surface area contributed by atoms with Crippen molar-refractivity contribution in [3.05, 3.63) is 97.1 Å². The predicted molar refractivity (Wildman–Crippen MR) is 164 cm³/mol. The Labute approximate surface area is 254 Å². The summed E-state index contributed by atoms with van der Waals surface area (Å²) in [6.45, 7) is 14.2. The van der Waals surface area contributed by atoms with Gasteiger partial charge in [0.05, 0.1) is 30.6 Å². The van der Waals surface area contributed by atoms with Crippen LogP contribution < -0.4 is 0 Å². The number of amides is 3. The van der Waals surface area contributed by atoms with Crippen LogP contribution in [-0.4, -0.2) is 80.5 Å². The summed E-state index contributed by atoms with van der Waals surface area (Å²) in [6.07, 6.45) is 3.93. The van der Waals surface area contributed by atoms with Gasteiger partial charge in [-0.05, 0) is 44.7 Å². The van der Waals surface area contributed by atoms with Gasteiger partial charge in [-0.3, -0.25) is 14.4 Å². The molecule has 2 aromatic carbocycles. The highest BCUT2D eigenvalue weighted by Crippen LogP contribution is 2.60. The molecule has 228 valence electrons. The van der Waals surface area contributed by atoms with E-state index in [0.717, 1.165) is 5.56 Å². The fourth-order valence-electron chi connectivity index (χ4n) is 7.39. The van der Waals surface area contributed by atoms with Crippen LogP contribution in [0.4, 0.5) is 0 Å². The lowest BCUT2D eigenvalue weighted by atomic mass is 9.70. The molecule has 1 spiro atoms. The topological polar surface area (TPSA) is 90.4 Å². The highest BCUT2D eigenvalue weighted by Gasteiger charge is 2.75. The summed E-state index contributed by atoms with van der Waals surface area (Å²) in [7, 11) is 0. The summed E-state index contributed by atoms with van der Waals surface area (Å²) < 4.78 is 6.71. The van der Waals surface area contributed by atoms with E-state index in [0.29, 0.717) is 31.5 Å². The van der Waals surface area contributed by atoms with E-state index in [4.69, 9.17) is 4.74 Å². The van der Waals surface area contributed by atoms with Gasteiger partial charge in [0.2, 0.25) is 17.7 Å². The second-order valence-corrected chi connectivity index (χ2v) is 12.8. The van der Waals surface area contributed by atoms with Crippen LogP contribution in [-0.2, 0) is 25.7 Å². The van der Waals surface area contributed by atoms with Crippen LogP contribution in [0, 0.1) is 11.8 Å². The summed E-state index contributed by atoms with van der Waals surface area (Å²) in [5.74, 6) is -2.37. The number of likely N-dealkylation sites (tertiary alicyclic amines) is 1. The standard InChI is InChI=1S/C35H43N3O5/c1-6-20-36(22-24-14-10-8-11-15-24)31(40)28-27-18-19-35(43-27)29(28)32(41)38(26(23-39)25-16-12-9-13-17-25)30(35)33(42)37(21-7-2)34(3,4)5/h6-17,26-30,39H,1-2,18-23H2,3-5H3/t26-,27+,28-,29+,30?,35?/m1/s1. The molecule has 8 heteroatoms. The van der Waals surface area contributed by atoms with Gasteiger partial charge >= 0.3 is 0 Å². The maximum atomic E-state index is 14.7. The van der Waals surface area contributed by atoms with Gasteiger partial charge in [0.25, 0.3) is 0 Å². The summed E-state index contributed by atoms with van der Waals surface area (Å²) in [4.78, 5) is 48.7. The third-order valence-corrected chi connectivity index (χ3v) is 9.22. The van der Waals surface area contributed by atoms with Crippen LogP contribution in [0.5, 0.6) is 0 Å². The Morgan fingerprint density at radius 3 is 2.26 bits per heavy atom. The van der Waals surface area contributed by atoms with Crippen molar-refractivity contribution in [2.45, 2.75) is 69.5 Å². The van der Waals surface area contributed by atoms with Crippen molar-refractivity contribution in [2.24, 2.45) is 11.8 Å². The van der Waals surface area contributed by atoms with Crippen LogP contribution in [0.1, 0.15) is 50.8 Å². The SMILES string of the molecule is C=CCN(Cc1ccccc1)C(=O)[C@@H]1[C@@H]2CCC3(O2)C(C(=O)N(CC=C)C(C)(C)C)N([C@H](CO)c2ccccc2)C(=O)[C@H]13. The van der Waals surface area contributed by atoms with E-state index in [1.807, 2.05) is 81.4 Å². The van der Waals surface area contributed by atoms with Gasteiger partial charge in [-0.2, -0.15) is 0 Å². The van der Waals surface area contributed by atoms with E-state index in [1.54, 1.807) is 22.0 Å². The molecule has 3 aliphatic rings. The molecule has 2 unspecified atom stereocenters. The van der Waals surface area contributed by atoms with Crippen LogP contribution in [0.15, 0.2) is 86.0 Å². The number of ether oxygens (including phenoxy) is 1. The molecule has 3 saturated heterocycles. The second kappa shape index (κ2) is 12.1. The Balaban J connectivity index is 1.60.